The van der Waals surface area contributed by atoms with E-state index in [1.165, 1.54) is 31.4 Å². The molecule has 0 amide bonds. The summed E-state index contributed by atoms with van der Waals surface area (Å²) in [6.07, 6.45) is 5.82. The van der Waals surface area contributed by atoms with Crippen LogP contribution in [0.2, 0.25) is 0 Å². The average molecular weight is 254 g/mol. The maximum absolute atomic E-state index is 13.1. The SMILES string of the molecule is CCCCCCCNc1ccc(F)c([N+](=O)[O-])c1. The maximum atomic E-state index is 13.1. The van der Waals surface area contributed by atoms with Crippen LogP contribution < -0.4 is 5.32 Å². The van der Waals surface area contributed by atoms with Gasteiger partial charge >= 0.3 is 5.69 Å². The minimum atomic E-state index is -0.798. The summed E-state index contributed by atoms with van der Waals surface area (Å²) in [5, 5.41) is 13.6. The fraction of sp³-hybridized carbons (Fsp3) is 0.538. The van der Waals surface area contributed by atoms with E-state index in [9.17, 15) is 14.5 Å². The van der Waals surface area contributed by atoms with Gasteiger partial charge in [0.1, 0.15) is 0 Å². The Hall–Kier alpha value is -1.65. The van der Waals surface area contributed by atoms with Crippen LogP contribution in [0.3, 0.4) is 0 Å². The number of nitrogens with zero attached hydrogens (tertiary/aromatic N) is 1. The number of halogens is 1. The van der Waals surface area contributed by atoms with Gasteiger partial charge in [-0.25, -0.2) is 0 Å². The van der Waals surface area contributed by atoms with Crippen molar-refractivity contribution < 1.29 is 9.31 Å². The molecule has 1 N–H and O–H groups in total. The van der Waals surface area contributed by atoms with Crippen LogP contribution in [0.25, 0.3) is 0 Å². The van der Waals surface area contributed by atoms with Crippen molar-refractivity contribution >= 4 is 11.4 Å². The van der Waals surface area contributed by atoms with E-state index < -0.39 is 16.4 Å². The Morgan fingerprint density at radius 2 is 2.00 bits per heavy atom. The predicted molar refractivity (Wildman–Crippen MR) is 70.3 cm³/mol. The highest BCUT2D eigenvalue weighted by atomic mass is 19.1. The Kier molecular flexibility index (Phi) is 6.11. The molecule has 0 saturated heterocycles. The lowest BCUT2D eigenvalue weighted by Crippen LogP contribution is -2.02. The predicted octanol–water partition coefficient (Wildman–Crippen LogP) is 4.12. The molecule has 0 aromatic heterocycles. The number of nitro groups is 1. The van der Waals surface area contributed by atoms with E-state index in [1.54, 1.807) is 0 Å². The van der Waals surface area contributed by atoms with Gasteiger partial charge in [-0.3, -0.25) is 10.1 Å². The van der Waals surface area contributed by atoms with Gasteiger partial charge in [0.2, 0.25) is 5.82 Å². The standard InChI is InChI=1S/C13H19FN2O2/c1-2-3-4-5-6-9-15-11-7-8-12(14)13(10-11)16(17)18/h7-8,10,15H,2-6,9H2,1H3. The Morgan fingerprint density at radius 3 is 2.67 bits per heavy atom. The summed E-state index contributed by atoms with van der Waals surface area (Å²) in [5.41, 5.74) is 0.115. The van der Waals surface area contributed by atoms with Crippen molar-refractivity contribution in [1.82, 2.24) is 0 Å². The van der Waals surface area contributed by atoms with Gasteiger partial charge in [-0.15, -0.1) is 0 Å². The van der Waals surface area contributed by atoms with Gasteiger partial charge in [0, 0.05) is 18.3 Å². The van der Waals surface area contributed by atoms with Gasteiger partial charge in [-0.2, -0.15) is 4.39 Å². The number of nitro benzene ring substituents is 1. The third-order valence-electron chi connectivity index (χ3n) is 2.75. The first-order valence-electron chi connectivity index (χ1n) is 6.33. The molecule has 18 heavy (non-hydrogen) atoms. The molecule has 0 aliphatic rings. The third kappa shape index (κ3) is 4.69. The Balaban J connectivity index is 2.38. The van der Waals surface area contributed by atoms with Gasteiger partial charge < -0.3 is 5.32 Å². The van der Waals surface area contributed by atoms with Crippen LogP contribution in [0.15, 0.2) is 18.2 Å². The number of nitrogens with one attached hydrogen (secondary N) is 1. The number of hydrogen-bond acceptors (Lipinski definition) is 3. The molecule has 0 saturated carbocycles. The summed E-state index contributed by atoms with van der Waals surface area (Å²) in [5.74, 6) is -0.798. The summed E-state index contributed by atoms with van der Waals surface area (Å²) in [4.78, 5) is 9.85. The van der Waals surface area contributed by atoms with E-state index in [1.807, 2.05) is 0 Å². The Bertz CT molecular complexity index is 397. The van der Waals surface area contributed by atoms with Gasteiger partial charge in [-0.05, 0) is 18.6 Å². The zero-order valence-electron chi connectivity index (χ0n) is 10.6. The molecule has 0 spiro atoms. The third-order valence-corrected chi connectivity index (χ3v) is 2.75. The second-order valence-electron chi connectivity index (χ2n) is 4.26. The number of rotatable bonds is 8. The van der Waals surface area contributed by atoms with Crippen LogP contribution in [0.5, 0.6) is 0 Å². The summed E-state index contributed by atoms with van der Waals surface area (Å²) in [6, 6.07) is 3.88. The van der Waals surface area contributed by atoms with Crippen molar-refractivity contribution in [3.05, 3.63) is 34.1 Å². The highest BCUT2D eigenvalue weighted by molar-refractivity contribution is 5.51. The van der Waals surface area contributed by atoms with E-state index in [2.05, 4.69) is 12.2 Å². The summed E-state index contributed by atoms with van der Waals surface area (Å²) in [6.45, 7) is 2.92. The fourth-order valence-electron chi connectivity index (χ4n) is 1.72. The second kappa shape index (κ2) is 7.63. The van der Waals surface area contributed by atoms with Crippen LogP contribution >= 0.6 is 0 Å². The molecule has 0 radical (unpaired) electrons. The molecule has 1 aromatic rings. The van der Waals surface area contributed by atoms with E-state index in [0.717, 1.165) is 25.5 Å². The molecule has 0 bridgehead atoms. The molecule has 1 rings (SSSR count). The highest BCUT2D eigenvalue weighted by Crippen LogP contribution is 2.21. The van der Waals surface area contributed by atoms with E-state index in [0.29, 0.717) is 5.69 Å². The average Bonchev–Trinajstić information content (AvgIpc) is 2.35. The fourth-order valence-corrected chi connectivity index (χ4v) is 1.72. The zero-order valence-corrected chi connectivity index (χ0v) is 10.6. The van der Waals surface area contributed by atoms with Crippen LogP contribution in [0.4, 0.5) is 15.8 Å². The van der Waals surface area contributed by atoms with Gasteiger partial charge in [0.05, 0.1) is 4.92 Å². The van der Waals surface area contributed by atoms with Crippen LogP contribution in [-0.4, -0.2) is 11.5 Å². The Morgan fingerprint density at radius 1 is 1.28 bits per heavy atom. The first-order chi connectivity index (χ1) is 8.65. The van der Waals surface area contributed by atoms with Crippen molar-refractivity contribution in [3.8, 4) is 0 Å². The molecule has 1 aromatic carbocycles. The van der Waals surface area contributed by atoms with Crippen LogP contribution in [-0.2, 0) is 0 Å². The maximum Gasteiger partial charge on any atom is 0.306 e. The minimum absolute atomic E-state index is 0.481. The molecular weight excluding hydrogens is 235 g/mol. The normalized spacial score (nSPS) is 10.3. The lowest BCUT2D eigenvalue weighted by molar-refractivity contribution is -0.387. The van der Waals surface area contributed by atoms with Crippen LogP contribution in [0, 0.1) is 15.9 Å². The largest absolute Gasteiger partial charge is 0.385 e. The van der Waals surface area contributed by atoms with Crippen molar-refractivity contribution in [3.63, 3.8) is 0 Å². The minimum Gasteiger partial charge on any atom is -0.385 e. The number of unbranched alkanes of at least 4 members (excludes halogenated alkanes) is 4. The molecule has 0 unspecified atom stereocenters. The lowest BCUT2D eigenvalue weighted by atomic mass is 10.1. The number of anilines is 1. The molecule has 0 aliphatic carbocycles. The molecule has 4 nitrogen and oxygen atoms in total. The smallest absolute Gasteiger partial charge is 0.306 e. The zero-order chi connectivity index (χ0) is 13.4. The molecule has 100 valence electrons. The molecular formula is C13H19FN2O2. The number of hydrogen-bond donors (Lipinski definition) is 1. The van der Waals surface area contributed by atoms with Crippen molar-refractivity contribution in [2.45, 2.75) is 39.0 Å². The van der Waals surface area contributed by atoms with Gasteiger partial charge in [0.25, 0.3) is 0 Å². The lowest BCUT2D eigenvalue weighted by Gasteiger charge is -2.06. The van der Waals surface area contributed by atoms with Gasteiger partial charge in [-0.1, -0.05) is 32.6 Å². The molecule has 5 heteroatoms. The topological polar surface area (TPSA) is 55.2 Å². The molecule has 0 fully saturated rings. The molecule has 0 aliphatic heterocycles. The van der Waals surface area contributed by atoms with Crippen LogP contribution in [0.1, 0.15) is 39.0 Å². The van der Waals surface area contributed by atoms with Crippen molar-refractivity contribution in [1.29, 1.82) is 0 Å². The van der Waals surface area contributed by atoms with Gasteiger partial charge in [0.15, 0.2) is 0 Å². The first kappa shape index (κ1) is 14.4. The van der Waals surface area contributed by atoms with E-state index in [4.69, 9.17) is 0 Å². The molecule has 0 heterocycles. The number of benzene rings is 1. The molecule has 0 atom stereocenters. The summed E-state index contributed by atoms with van der Waals surface area (Å²) in [7, 11) is 0. The van der Waals surface area contributed by atoms with E-state index in [-0.39, 0.29) is 0 Å². The highest BCUT2D eigenvalue weighted by Gasteiger charge is 2.13. The monoisotopic (exact) mass is 254 g/mol. The van der Waals surface area contributed by atoms with Crippen molar-refractivity contribution in [2.75, 3.05) is 11.9 Å². The Labute approximate surface area is 106 Å². The first-order valence-corrected chi connectivity index (χ1v) is 6.33. The summed E-state index contributed by atoms with van der Waals surface area (Å²) >= 11 is 0. The summed E-state index contributed by atoms with van der Waals surface area (Å²) < 4.78 is 13.1. The quantitative estimate of drug-likeness (QED) is 0.431. The van der Waals surface area contributed by atoms with Crippen molar-refractivity contribution in [2.24, 2.45) is 0 Å². The van der Waals surface area contributed by atoms with E-state index >= 15 is 0 Å². The second-order valence-corrected chi connectivity index (χ2v) is 4.26.